The number of aromatic nitrogens is 3. The highest BCUT2D eigenvalue weighted by molar-refractivity contribution is 4.91. The summed E-state index contributed by atoms with van der Waals surface area (Å²) in [5.41, 5.74) is 2.95. The zero-order valence-corrected chi connectivity index (χ0v) is 11.5. The second kappa shape index (κ2) is 6.29. The summed E-state index contributed by atoms with van der Waals surface area (Å²) < 4.78 is 1.99. The molecule has 1 aliphatic rings. The molecule has 0 bridgehead atoms. The highest BCUT2D eigenvalue weighted by Crippen LogP contribution is 2.29. The molecule has 0 amide bonds. The van der Waals surface area contributed by atoms with Crippen LogP contribution in [0.2, 0.25) is 0 Å². The van der Waals surface area contributed by atoms with Gasteiger partial charge in [0.05, 0.1) is 0 Å². The highest BCUT2D eigenvalue weighted by atomic mass is 15.3. The van der Waals surface area contributed by atoms with Crippen molar-refractivity contribution < 1.29 is 0 Å². The van der Waals surface area contributed by atoms with Crippen LogP contribution >= 0.6 is 0 Å². The number of hydrogen-bond donors (Lipinski definition) is 2. The third-order valence-electron chi connectivity index (χ3n) is 3.89. The molecule has 0 radical (unpaired) electrons. The normalized spacial score (nSPS) is 18.7. The maximum absolute atomic E-state index is 5.69. The van der Waals surface area contributed by atoms with E-state index in [-0.39, 0.29) is 0 Å². The van der Waals surface area contributed by atoms with Crippen molar-refractivity contribution in [2.45, 2.75) is 64.5 Å². The zero-order chi connectivity index (χ0) is 13.0. The van der Waals surface area contributed by atoms with Gasteiger partial charge in [0.2, 0.25) is 0 Å². The van der Waals surface area contributed by atoms with Gasteiger partial charge in [0.15, 0.2) is 0 Å². The largest absolute Gasteiger partial charge is 0.271 e. The fourth-order valence-corrected chi connectivity index (χ4v) is 2.93. The van der Waals surface area contributed by atoms with E-state index in [0.717, 1.165) is 24.6 Å². The van der Waals surface area contributed by atoms with Gasteiger partial charge >= 0.3 is 0 Å². The smallest absolute Gasteiger partial charge is 0.138 e. The summed E-state index contributed by atoms with van der Waals surface area (Å²) in [6.07, 6.45) is 9.13. The number of rotatable bonds is 6. The van der Waals surface area contributed by atoms with E-state index >= 15 is 0 Å². The van der Waals surface area contributed by atoms with Crippen molar-refractivity contribution in [3.63, 3.8) is 0 Å². The SMILES string of the molecule is CC(C)n1ncnc1CC(CC1CCCC1)NN. The second-order valence-corrected chi connectivity index (χ2v) is 5.67. The highest BCUT2D eigenvalue weighted by Gasteiger charge is 2.21. The maximum Gasteiger partial charge on any atom is 0.138 e. The fraction of sp³-hybridized carbons (Fsp3) is 0.846. The van der Waals surface area contributed by atoms with Crippen molar-refractivity contribution in [2.75, 3.05) is 0 Å². The molecule has 2 rings (SSSR count). The Morgan fingerprint density at radius 1 is 1.44 bits per heavy atom. The first-order valence-corrected chi connectivity index (χ1v) is 7.05. The van der Waals surface area contributed by atoms with Crippen LogP contribution in [0.1, 0.15) is 57.8 Å². The lowest BCUT2D eigenvalue weighted by molar-refractivity contribution is 0.375. The number of nitrogens with one attached hydrogen (secondary N) is 1. The molecular formula is C13H25N5. The molecule has 1 aromatic rings. The first-order chi connectivity index (χ1) is 8.70. The predicted octanol–water partition coefficient (Wildman–Crippen LogP) is 1.81. The van der Waals surface area contributed by atoms with Gasteiger partial charge in [-0.1, -0.05) is 25.7 Å². The molecule has 5 nitrogen and oxygen atoms in total. The molecule has 1 aliphatic carbocycles. The van der Waals surface area contributed by atoms with Crippen molar-refractivity contribution in [1.82, 2.24) is 20.2 Å². The monoisotopic (exact) mass is 251 g/mol. The van der Waals surface area contributed by atoms with E-state index in [2.05, 4.69) is 29.4 Å². The molecule has 1 atom stereocenters. The summed E-state index contributed by atoms with van der Waals surface area (Å²) >= 11 is 0. The molecule has 3 N–H and O–H groups in total. The summed E-state index contributed by atoms with van der Waals surface area (Å²) in [4.78, 5) is 4.36. The van der Waals surface area contributed by atoms with Crippen LogP contribution in [0.4, 0.5) is 0 Å². The van der Waals surface area contributed by atoms with E-state index in [1.807, 2.05) is 4.68 Å². The quantitative estimate of drug-likeness (QED) is 0.597. The van der Waals surface area contributed by atoms with Crippen LogP contribution < -0.4 is 11.3 Å². The molecule has 0 aromatic carbocycles. The van der Waals surface area contributed by atoms with E-state index in [4.69, 9.17) is 5.84 Å². The van der Waals surface area contributed by atoms with Gasteiger partial charge in [0, 0.05) is 18.5 Å². The summed E-state index contributed by atoms with van der Waals surface area (Å²) in [6, 6.07) is 0.669. The number of hydrazine groups is 1. The van der Waals surface area contributed by atoms with Crippen LogP contribution in [0.25, 0.3) is 0 Å². The van der Waals surface area contributed by atoms with Gasteiger partial charge in [-0.25, -0.2) is 9.67 Å². The van der Waals surface area contributed by atoms with Crippen LogP contribution in [-0.4, -0.2) is 20.8 Å². The van der Waals surface area contributed by atoms with Crippen LogP contribution in [0.5, 0.6) is 0 Å². The van der Waals surface area contributed by atoms with Gasteiger partial charge in [-0.3, -0.25) is 11.3 Å². The van der Waals surface area contributed by atoms with Gasteiger partial charge < -0.3 is 0 Å². The van der Waals surface area contributed by atoms with E-state index in [1.54, 1.807) is 6.33 Å². The zero-order valence-electron chi connectivity index (χ0n) is 11.5. The Bertz CT molecular complexity index is 354. The topological polar surface area (TPSA) is 68.8 Å². The molecule has 1 saturated carbocycles. The minimum absolute atomic E-state index is 0.315. The van der Waals surface area contributed by atoms with Crippen molar-refractivity contribution in [3.05, 3.63) is 12.2 Å². The first-order valence-electron chi connectivity index (χ1n) is 7.05. The summed E-state index contributed by atoms with van der Waals surface area (Å²) in [6.45, 7) is 4.25. The number of hydrogen-bond acceptors (Lipinski definition) is 4. The van der Waals surface area contributed by atoms with Gasteiger partial charge in [-0.2, -0.15) is 5.10 Å². The third-order valence-corrected chi connectivity index (χ3v) is 3.89. The maximum atomic E-state index is 5.69. The van der Waals surface area contributed by atoms with Crippen LogP contribution in [0, 0.1) is 5.92 Å². The number of nitrogens with two attached hydrogens (primary N) is 1. The Morgan fingerprint density at radius 3 is 2.78 bits per heavy atom. The van der Waals surface area contributed by atoms with Crippen molar-refractivity contribution in [1.29, 1.82) is 0 Å². The summed E-state index contributed by atoms with van der Waals surface area (Å²) in [7, 11) is 0. The van der Waals surface area contributed by atoms with Gasteiger partial charge in [-0.05, 0) is 26.2 Å². The molecule has 102 valence electrons. The predicted molar refractivity (Wildman–Crippen MR) is 71.8 cm³/mol. The van der Waals surface area contributed by atoms with E-state index in [0.29, 0.717) is 12.1 Å². The van der Waals surface area contributed by atoms with E-state index < -0.39 is 0 Å². The average molecular weight is 251 g/mol. The van der Waals surface area contributed by atoms with Gasteiger partial charge in [0.1, 0.15) is 12.2 Å². The standard InChI is InChI=1S/C13H25N5/c1-10(2)18-13(15-9-16-18)8-12(17-14)7-11-5-3-4-6-11/h9-12,17H,3-8,14H2,1-2H3. The van der Waals surface area contributed by atoms with Crippen molar-refractivity contribution in [2.24, 2.45) is 11.8 Å². The van der Waals surface area contributed by atoms with E-state index in [9.17, 15) is 0 Å². The Kier molecular flexibility index (Phi) is 4.72. The second-order valence-electron chi connectivity index (χ2n) is 5.67. The number of nitrogens with zero attached hydrogens (tertiary/aromatic N) is 3. The molecule has 5 heteroatoms. The molecule has 1 fully saturated rings. The lowest BCUT2D eigenvalue weighted by atomic mass is 9.96. The molecule has 0 saturated heterocycles. The van der Waals surface area contributed by atoms with Crippen molar-refractivity contribution >= 4 is 0 Å². The first kappa shape index (κ1) is 13.5. The molecule has 0 aliphatic heterocycles. The molecule has 18 heavy (non-hydrogen) atoms. The minimum Gasteiger partial charge on any atom is -0.271 e. The molecule has 1 heterocycles. The van der Waals surface area contributed by atoms with Crippen LogP contribution in [0.3, 0.4) is 0 Å². The lowest BCUT2D eigenvalue weighted by Gasteiger charge is -2.20. The summed E-state index contributed by atoms with van der Waals surface area (Å²) in [5.74, 6) is 7.55. The Hall–Kier alpha value is -0.940. The Morgan fingerprint density at radius 2 is 2.17 bits per heavy atom. The van der Waals surface area contributed by atoms with Crippen LogP contribution in [0.15, 0.2) is 6.33 Å². The molecule has 1 aromatic heterocycles. The molecule has 1 unspecified atom stereocenters. The average Bonchev–Trinajstić information content (AvgIpc) is 2.98. The Labute approximate surface area is 109 Å². The third kappa shape index (κ3) is 3.29. The molecule has 0 spiro atoms. The fourth-order valence-electron chi connectivity index (χ4n) is 2.93. The molecular weight excluding hydrogens is 226 g/mol. The Balaban J connectivity index is 1.94. The summed E-state index contributed by atoms with van der Waals surface area (Å²) in [5, 5.41) is 4.27. The van der Waals surface area contributed by atoms with E-state index in [1.165, 1.54) is 25.7 Å². The lowest BCUT2D eigenvalue weighted by Crippen LogP contribution is -2.38. The van der Waals surface area contributed by atoms with Crippen LogP contribution in [-0.2, 0) is 6.42 Å². The van der Waals surface area contributed by atoms with Crippen molar-refractivity contribution in [3.8, 4) is 0 Å². The van der Waals surface area contributed by atoms with Gasteiger partial charge in [0.25, 0.3) is 0 Å². The van der Waals surface area contributed by atoms with Gasteiger partial charge in [-0.15, -0.1) is 0 Å². The minimum atomic E-state index is 0.315.